The van der Waals surface area contributed by atoms with E-state index in [2.05, 4.69) is 45.1 Å². The molecule has 0 aliphatic heterocycles. The minimum atomic E-state index is -0.322. The predicted octanol–water partition coefficient (Wildman–Crippen LogP) is 3.20. The van der Waals surface area contributed by atoms with Gasteiger partial charge in [-0.25, -0.2) is 0 Å². The molecule has 2 rings (SSSR count). The maximum absolute atomic E-state index is 10.3. The zero-order valence-electron chi connectivity index (χ0n) is 9.57. The molecular weight excluding hydrogens is 184 g/mol. The Balaban J connectivity index is 2.32. The second-order valence-electron chi connectivity index (χ2n) is 5.32. The van der Waals surface area contributed by atoms with Crippen molar-refractivity contribution < 1.29 is 5.11 Å². The van der Waals surface area contributed by atoms with Crippen LogP contribution in [0.4, 0.5) is 0 Å². The summed E-state index contributed by atoms with van der Waals surface area (Å²) in [7, 11) is 0. The van der Waals surface area contributed by atoms with E-state index in [-0.39, 0.29) is 17.4 Å². The molecule has 0 radical (unpaired) electrons. The zero-order valence-corrected chi connectivity index (χ0v) is 9.57. The first-order chi connectivity index (χ1) is 7.00. The summed E-state index contributed by atoms with van der Waals surface area (Å²) in [5.41, 5.74) is 2.41. The van der Waals surface area contributed by atoms with Crippen molar-refractivity contribution in [2.45, 2.75) is 32.8 Å². The van der Waals surface area contributed by atoms with Gasteiger partial charge >= 0.3 is 0 Å². The summed E-state index contributed by atoms with van der Waals surface area (Å²) in [6.45, 7) is 6.23. The molecule has 0 fully saturated rings. The Morgan fingerprint density at radius 2 is 1.87 bits per heavy atom. The average Bonchev–Trinajstić information content (AvgIpc) is 2.58. The third kappa shape index (κ3) is 1.84. The van der Waals surface area contributed by atoms with Gasteiger partial charge in [-0.15, -0.1) is 0 Å². The van der Waals surface area contributed by atoms with Gasteiger partial charge in [0, 0.05) is 5.92 Å². The maximum Gasteiger partial charge on any atom is 0.0691 e. The van der Waals surface area contributed by atoms with Gasteiger partial charge < -0.3 is 5.11 Å². The molecule has 1 aliphatic carbocycles. The van der Waals surface area contributed by atoms with E-state index in [0.29, 0.717) is 0 Å². The number of fused-ring (bicyclic) bond motifs is 1. The number of aliphatic hydroxyl groups excluding tert-OH is 1. The van der Waals surface area contributed by atoms with E-state index in [1.165, 1.54) is 11.1 Å². The highest BCUT2D eigenvalue weighted by Crippen LogP contribution is 2.38. The molecule has 1 aromatic rings. The van der Waals surface area contributed by atoms with Gasteiger partial charge in [-0.3, -0.25) is 0 Å². The molecule has 1 nitrogen and oxygen atoms in total. The lowest BCUT2D eigenvalue weighted by Crippen LogP contribution is -2.31. The molecule has 0 unspecified atom stereocenters. The fourth-order valence-electron chi connectivity index (χ4n) is 2.09. The third-order valence-corrected chi connectivity index (χ3v) is 3.07. The lowest BCUT2D eigenvalue weighted by Gasteiger charge is -2.30. The highest BCUT2D eigenvalue weighted by molar-refractivity contribution is 5.62. The molecule has 1 heteroatoms. The molecule has 2 atom stereocenters. The highest BCUT2D eigenvalue weighted by Gasteiger charge is 2.32. The summed E-state index contributed by atoms with van der Waals surface area (Å²) < 4.78 is 0. The number of aliphatic hydroxyl groups is 1. The van der Waals surface area contributed by atoms with E-state index in [1.54, 1.807) is 0 Å². The van der Waals surface area contributed by atoms with E-state index in [9.17, 15) is 5.11 Å². The topological polar surface area (TPSA) is 20.2 Å². The van der Waals surface area contributed by atoms with Crippen LogP contribution in [0.25, 0.3) is 6.08 Å². The summed E-state index contributed by atoms with van der Waals surface area (Å²) in [5.74, 6) is 0.154. The minimum absolute atomic E-state index is 0.0769. The van der Waals surface area contributed by atoms with Crippen molar-refractivity contribution in [2.75, 3.05) is 0 Å². The Morgan fingerprint density at radius 3 is 2.53 bits per heavy atom. The number of hydrogen-bond acceptors (Lipinski definition) is 1. The molecule has 1 N–H and O–H groups in total. The van der Waals surface area contributed by atoms with Crippen molar-refractivity contribution >= 4 is 6.08 Å². The lowest BCUT2D eigenvalue weighted by molar-refractivity contribution is 0.0516. The van der Waals surface area contributed by atoms with Crippen molar-refractivity contribution in [1.82, 2.24) is 0 Å². The third-order valence-electron chi connectivity index (χ3n) is 3.07. The Bertz CT molecular complexity index is 385. The van der Waals surface area contributed by atoms with E-state index in [4.69, 9.17) is 0 Å². The van der Waals surface area contributed by atoms with Crippen LogP contribution in [0.1, 0.15) is 37.8 Å². The molecule has 1 aromatic carbocycles. The van der Waals surface area contributed by atoms with Crippen LogP contribution in [0, 0.1) is 5.41 Å². The Labute approximate surface area is 91.4 Å². The zero-order chi connectivity index (χ0) is 11.1. The molecule has 0 saturated heterocycles. The molecule has 1 aliphatic rings. The van der Waals surface area contributed by atoms with Crippen LogP contribution in [0.3, 0.4) is 0 Å². The van der Waals surface area contributed by atoms with E-state index in [1.807, 2.05) is 12.1 Å². The Hall–Kier alpha value is -1.08. The van der Waals surface area contributed by atoms with Crippen LogP contribution in [-0.2, 0) is 0 Å². The molecule has 0 amide bonds. The smallest absolute Gasteiger partial charge is 0.0691 e. The molecule has 0 aromatic heterocycles. The van der Waals surface area contributed by atoms with Crippen LogP contribution >= 0.6 is 0 Å². The first-order valence-electron chi connectivity index (χ1n) is 5.45. The summed E-state index contributed by atoms with van der Waals surface area (Å²) in [4.78, 5) is 0. The van der Waals surface area contributed by atoms with Gasteiger partial charge in [0.15, 0.2) is 0 Å². The second kappa shape index (κ2) is 3.49. The molecule has 80 valence electrons. The van der Waals surface area contributed by atoms with Gasteiger partial charge in [-0.05, 0) is 16.5 Å². The first kappa shape index (κ1) is 10.4. The van der Waals surface area contributed by atoms with E-state index < -0.39 is 0 Å². The van der Waals surface area contributed by atoms with Crippen LogP contribution in [0.2, 0.25) is 0 Å². The maximum atomic E-state index is 10.3. The summed E-state index contributed by atoms with van der Waals surface area (Å²) in [6, 6.07) is 8.28. The highest BCUT2D eigenvalue weighted by atomic mass is 16.3. The van der Waals surface area contributed by atoms with Gasteiger partial charge in [0.2, 0.25) is 0 Å². The largest absolute Gasteiger partial charge is 0.392 e. The van der Waals surface area contributed by atoms with Gasteiger partial charge in [0.05, 0.1) is 6.10 Å². The Morgan fingerprint density at radius 1 is 1.20 bits per heavy atom. The molecule has 0 bridgehead atoms. The van der Waals surface area contributed by atoms with Gasteiger partial charge in [-0.2, -0.15) is 0 Å². The van der Waals surface area contributed by atoms with Crippen molar-refractivity contribution in [3.8, 4) is 0 Å². The molecule has 0 heterocycles. The average molecular weight is 202 g/mol. The fourth-order valence-corrected chi connectivity index (χ4v) is 2.09. The van der Waals surface area contributed by atoms with Crippen LogP contribution < -0.4 is 0 Å². The van der Waals surface area contributed by atoms with Crippen molar-refractivity contribution in [3.63, 3.8) is 0 Å². The predicted molar refractivity (Wildman–Crippen MR) is 63.7 cm³/mol. The fraction of sp³-hybridized carbons (Fsp3) is 0.429. The standard InChI is InChI=1S/C14H18O/c1-14(2,3)13(15)12-9-8-10-6-4-5-7-11(10)12/h4-9,12-13,15H,1-3H3/t12-,13-/m1/s1. The first-order valence-corrected chi connectivity index (χ1v) is 5.45. The van der Waals surface area contributed by atoms with Gasteiger partial charge in [-0.1, -0.05) is 57.2 Å². The number of benzene rings is 1. The number of rotatable bonds is 1. The monoisotopic (exact) mass is 202 g/mol. The van der Waals surface area contributed by atoms with Crippen molar-refractivity contribution in [1.29, 1.82) is 0 Å². The lowest BCUT2D eigenvalue weighted by atomic mass is 9.79. The molecule has 15 heavy (non-hydrogen) atoms. The quantitative estimate of drug-likeness (QED) is 0.741. The summed E-state index contributed by atoms with van der Waals surface area (Å²) in [5, 5.41) is 10.3. The summed E-state index contributed by atoms with van der Waals surface area (Å²) >= 11 is 0. The second-order valence-corrected chi connectivity index (χ2v) is 5.32. The minimum Gasteiger partial charge on any atom is -0.392 e. The van der Waals surface area contributed by atoms with E-state index >= 15 is 0 Å². The SMILES string of the molecule is CC(C)(C)[C@H](O)[C@@H]1C=Cc2ccccc21. The van der Waals surface area contributed by atoms with E-state index in [0.717, 1.165) is 0 Å². The van der Waals surface area contributed by atoms with Gasteiger partial charge in [0.25, 0.3) is 0 Å². The normalized spacial score (nSPS) is 21.5. The van der Waals surface area contributed by atoms with Crippen LogP contribution in [0.5, 0.6) is 0 Å². The molecule has 0 spiro atoms. The van der Waals surface area contributed by atoms with Crippen molar-refractivity contribution in [3.05, 3.63) is 41.5 Å². The van der Waals surface area contributed by atoms with Crippen LogP contribution in [-0.4, -0.2) is 11.2 Å². The van der Waals surface area contributed by atoms with Crippen LogP contribution in [0.15, 0.2) is 30.3 Å². The van der Waals surface area contributed by atoms with Crippen molar-refractivity contribution in [2.24, 2.45) is 5.41 Å². The molecular formula is C14H18O. The molecule has 0 saturated carbocycles. The summed E-state index contributed by atoms with van der Waals surface area (Å²) in [6.07, 6.45) is 3.90. The number of hydrogen-bond donors (Lipinski definition) is 1. The Kier molecular flexibility index (Phi) is 2.43. The van der Waals surface area contributed by atoms with Gasteiger partial charge in [0.1, 0.15) is 0 Å².